The highest BCUT2D eigenvalue weighted by atomic mass is 16.2. The third kappa shape index (κ3) is 1.83. The molecule has 3 nitrogen and oxygen atoms in total. The molecule has 0 saturated carbocycles. The minimum Gasteiger partial charge on any atom is -0.332 e. The van der Waals surface area contributed by atoms with Crippen LogP contribution in [0.4, 0.5) is 0 Å². The highest BCUT2D eigenvalue weighted by molar-refractivity contribution is 5.98. The molecule has 1 saturated heterocycles. The fourth-order valence-electron chi connectivity index (χ4n) is 2.95. The molecule has 3 heteroatoms. The molecule has 0 aliphatic carbocycles. The summed E-state index contributed by atoms with van der Waals surface area (Å²) in [5.74, 6) is 0.781. The number of carbonyl (C=O) groups excluding carboxylic acids is 1. The van der Waals surface area contributed by atoms with Crippen LogP contribution < -0.4 is 5.32 Å². The van der Waals surface area contributed by atoms with Crippen molar-refractivity contribution in [3.63, 3.8) is 0 Å². The Bertz CT molecular complexity index is 475. The predicted molar refractivity (Wildman–Crippen MR) is 71.7 cm³/mol. The number of carbonyl (C=O) groups is 1. The van der Waals surface area contributed by atoms with Gasteiger partial charge in [-0.1, -0.05) is 12.1 Å². The Hall–Kier alpha value is -1.35. The monoisotopic (exact) mass is 244 g/mol. The van der Waals surface area contributed by atoms with Crippen LogP contribution in [-0.4, -0.2) is 29.9 Å². The van der Waals surface area contributed by atoms with Gasteiger partial charge in [0, 0.05) is 24.7 Å². The summed E-state index contributed by atoms with van der Waals surface area (Å²) in [7, 11) is 0. The second-order valence-corrected chi connectivity index (χ2v) is 5.63. The van der Waals surface area contributed by atoms with Crippen LogP contribution in [0.1, 0.15) is 47.7 Å². The van der Waals surface area contributed by atoms with E-state index < -0.39 is 0 Å². The Balaban J connectivity index is 1.91. The lowest BCUT2D eigenvalue weighted by Gasteiger charge is -2.19. The van der Waals surface area contributed by atoms with Crippen molar-refractivity contribution in [2.45, 2.75) is 38.8 Å². The number of benzene rings is 1. The topological polar surface area (TPSA) is 32.3 Å². The maximum absolute atomic E-state index is 12.3. The number of amides is 1. The first-order valence-corrected chi connectivity index (χ1v) is 6.81. The zero-order valence-electron chi connectivity index (χ0n) is 11.1. The summed E-state index contributed by atoms with van der Waals surface area (Å²) in [6.45, 7) is 7.06. The Morgan fingerprint density at radius 1 is 1.39 bits per heavy atom. The molecule has 18 heavy (non-hydrogen) atoms. The van der Waals surface area contributed by atoms with E-state index in [0.717, 1.165) is 25.2 Å². The van der Waals surface area contributed by atoms with E-state index in [2.05, 4.69) is 37.4 Å². The molecule has 0 bridgehead atoms. The minimum atomic E-state index is 0.202. The van der Waals surface area contributed by atoms with Gasteiger partial charge >= 0.3 is 0 Å². The van der Waals surface area contributed by atoms with Crippen LogP contribution in [0, 0.1) is 0 Å². The second-order valence-electron chi connectivity index (χ2n) is 5.63. The summed E-state index contributed by atoms with van der Waals surface area (Å²) < 4.78 is 0. The predicted octanol–water partition coefficient (Wildman–Crippen LogP) is 2.13. The first-order valence-electron chi connectivity index (χ1n) is 6.81. The Labute approximate surface area is 108 Å². The van der Waals surface area contributed by atoms with Crippen molar-refractivity contribution in [3.05, 3.63) is 34.9 Å². The van der Waals surface area contributed by atoms with Crippen molar-refractivity contribution < 1.29 is 4.79 Å². The van der Waals surface area contributed by atoms with Crippen molar-refractivity contribution in [2.24, 2.45) is 0 Å². The molecule has 96 valence electrons. The summed E-state index contributed by atoms with van der Waals surface area (Å²) in [5, 5.41) is 3.38. The number of hydrogen-bond donors (Lipinski definition) is 1. The molecule has 1 unspecified atom stereocenters. The first kappa shape index (κ1) is 11.7. The molecular weight excluding hydrogens is 224 g/mol. The van der Waals surface area contributed by atoms with Gasteiger partial charge in [0.05, 0.1) is 0 Å². The maximum atomic E-state index is 12.3. The normalized spacial score (nSPS) is 22.9. The standard InChI is InChI=1S/C15H20N2O/c1-10(2)17-9-13-4-3-11(7-14(13)15(17)18)12-5-6-16-8-12/h3-4,7,10,12,16H,5-6,8-9H2,1-2H3. The summed E-state index contributed by atoms with van der Waals surface area (Å²) in [6.07, 6.45) is 1.18. The van der Waals surface area contributed by atoms with E-state index in [-0.39, 0.29) is 11.9 Å². The van der Waals surface area contributed by atoms with Crippen LogP contribution >= 0.6 is 0 Å². The lowest BCUT2D eigenvalue weighted by atomic mass is 9.95. The van der Waals surface area contributed by atoms with Gasteiger partial charge in [0.25, 0.3) is 5.91 Å². The molecule has 3 rings (SSSR count). The highest BCUT2D eigenvalue weighted by Gasteiger charge is 2.30. The lowest BCUT2D eigenvalue weighted by molar-refractivity contribution is 0.0730. The van der Waals surface area contributed by atoms with Crippen molar-refractivity contribution >= 4 is 5.91 Å². The number of fused-ring (bicyclic) bond motifs is 1. The van der Waals surface area contributed by atoms with Gasteiger partial charge in [-0.25, -0.2) is 0 Å². The van der Waals surface area contributed by atoms with E-state index >= 15 is 0 Å². The van der Waals surface area contributed by atoms with Gasteiger partial charge in [0.15, 0.2) is 0 Å². The van der Waals surface area contributed by atoms with Gasteiger partial charge < -0.3 is 10.2 Å². The van der Waals surface area contributed by atoms with Crippen LogP contribution in [-0.2, 0) is 6.54 Å². The molecule has 1 aromatic carbocycles. The van der Waals surface area contributed by atoms with E-state index in [4.69, 9.17) is 0 Å². The average Bonchev–Trinajstić information content (AvgIpc) is 2.97. The fraction of sp³-hybridized carbons (Fsp3) is 0.533. The molecular formula is C15H20N2O. The van der Waals surface area contributed by atoms with E-state index in [1.165, 1.54) is 17.5 Å². The molecule has 2 aliphatic heterocycles. The van der Waals surface area contributed by atoms with E-state index in [9.17, 15) is 4.79 Å². The summed E-state index contributed by atoms with van der Waals surface area (Å²) in [4.78, 5) is 14.3. The largest absolute Gasteiger partial charge is 0.332 e. The van der Waals surface area contributed by atoms with Crippen LogP contribution in [0.15, 0.2) is 18.2 Å². The Morgan fingerprint density at radius 2 is 2.22 bits per heavy atom. The van der Waals surface area contributed by atoms with Gasteiger partial charge in [-0.15, -0.1) is 0 Å². The fourth-order valence-corrected chi connectivity index (χ4v) is 2.95. The average molecular weight is 244 g/mol. The second kappa shape index (κ2) is 4.39. The molecule has 0 spiro atoms. The molecule has 1 amide bonds. The van der Waals surface area contributed by atoms with E-state index in [1.807, 2.05) is 4.90 Å². The molecule has 2 aliphatic rings. The van der Waals surface area contributed by atoms with Gasteiger partial charge in [0.1, 0.15) is 0 Å². The molecule has 1 aromatic rings. The van der Waals surface area contributed by atoms with Gasteiger partial charge in [0.2, 0.25) is 0 Å². The van der Waals surface area contributed by atoms with E-state index in [0.29, 0.717) is 5.92 Å². The third-order valence-electron chi connectivity index (χ3n) is 4.12. The van der Waals surface area contributed by atoms with Crippen molar-refractivity contribution in [2.75, 3.05) is 13.1 Å². The number of nitrogens with one attached hydrogen (secondary N) is 1. The van der Waals surface area contributed by atoms with Gasteiger partial charge in [-0.3, -0.25) is 4.79 Å². The molecule has 1 N–H and O–H groups in total. The molecule has 0 radical (unpaired) electrons. The van der Waals surface area contributed by atoms with E-state index in [1.54, 1.807) is 0 Å². The smallest absolute Gasteiger partial charge is 0.254 e. The summed E-state index contributed by atoms with van der Waals surface area (Å²) in [6, 6.07) is 6.75. The highest BCUT2D eigenvalue weighted by Crippen LogP contribution is 2.29. The number of hydrogen-bond acceptors (Lipinski definition) is 2. The summed E-state index contributed by atoms with van der Waals surface area (Å²) >= 11 is 0. The molecule has 2 heterocycles. The third-order valence-corrected chi connectivity index (χ3v) is 4.12. The number of rotatable bonds is 2. The van der Waals surface area contributed by atoms with Crippen molar-refractivity contribution in [1.29, 1.82) is 0 Å². The maximum Gasteiger partial charge on any atom is 0.254 e. The summed E-state index contributed by atoms with van der Waals surface area (Å²) in [5.41, 5.74) is 3.43. The van der Waals surface area contributed by atoms with Crippen LogP contribution in [0.5, 0.6) is 0 Å². The van der Waals surface area contributed by atoms with Crippen LogP contribution in [0.2, 0.25) is 0 Å². The van der Waals surface area contributed by atoms with Gasteiger partial charge in [-0.2, -0.15) is 0 Å². The first-order chi connectivity index (χ1) is 8.66. The molecule has 1 fully saturated rings. The minimum absolute atomic E-state index is 0.202. The quantitative estimate of drug-likeness (QED) is 0.864. The zero-order chi connectivity index (χ0) is 12.7. The van der Waals surface area contributed by atoms with Gasteiger partial charge in [-0.05, 0) is 49.9 Å². The van der Waals surface area contributed by atoms with Crippen molar-refractivity contribution in [1.82, 2.24) is 10.2 Å². The molecule has 0 aromatic heterocycles. The Kier molecular flexibility index (Phi) is 2.86. The lowest BCUT2D eigenvalue weighted by Crippen LogP contribution is -2.30. The SMILES string of the molecule is CC(C)N1Cc2ccc(C3CCNC3)cc2C1=O. The van der Waals surface area contributed by atoms with Crippen LogP contribution in [0.3, 0.4) is 0 Å². The van der Waals surface area contributed by atoms with Crippen LogP contribution in [0.25, 0.3) is 0 Å². The van der Waals surface area contributed by atoms with Crippen molar-refractivity contribution in [3.8, 4) is 0 Å². The Morgan fingerprint density at radius 3 is 2.89 bits per heavy atom. The molecule has 1 atom stereocenters. The zero-order valence-corrected chi connectivity index (χ0v) is 11.1. The number of nitrogens with zero attached hydrogens (tertiary/aromatic N) is 1.